The molecule has 0 amide bonds. The average molecular weight is 406 g/mol. The van der Waals surface area contributed by atoms with Gasteiger partial charge < -0.3 is 4.74 Å². The van der Waals surface area contributed by atoms with E-state index in [0.717, 1.165) is 31.4 Å². The summed E-state index contributed by atoms with van der Waals surface area (Å²) in [7, 11) is 1.77. The maximum atomic E-state index is 5.27. The van der Waals surface area contributed by atoms with E-state index in [-0.39, 0.29) is 5.41 Å². The third-order valence-corrected chi connectivity index (χ3v) is 5.10. The first-order valence-electron chi connectivity index (χ1n) is 10.3. The Bertz CT molecular complexity index is 576. The molecule has 1 rings (SSSR count). The van der Waals surface area contributed by atoms with E-state index in [0.29, 0.717) is 6.10 Å². The minimum atomic E-state index is 0.144. The van der Waals surface area contributed by atoms with Crippen molar-refractivity contribution in [3.8, 4) is 0 Å². The Morgan fingerprint density at radius 3 is 2.36 bits per heavy atom. The van der Waals surface area contributed by atoms with Gasteiger partial charge in [-0.2, -0.15) is 0 Å². The summed E-state index contributed by atoms with van der Waals surface area (Å²) in [6.07, 6.45) is 15.6. The van der Waals surface area contributed by atoms with Crippen molar-refractivity contribution in [2.75, 3.05) is 7.11 Å². The van der Waals surface area contributed by atoms with Crippen molar-refractivity contribution in [2.45, 2.75) is 85.7 Å². The molecule has 1 aromatic rings. The maximum absolute atomic E-state index is 5.27. The van der Waals surface area contributed by atoms with Gasteiger partial charge in [0.25, 0.3) is 0 Å². The van der Waals surface area contributed by atoms with E-state index in [1.807, 2.05) is 13.8 Å². The summed E-state index contributed by atoms with van der Waals surface area (Å²) in [5.74, 6) is 0. The Labute approximate surface area is 179 Å². The van der Waals surface area contributed by atoms with Gasteiger partial charge in [-0.05, 0) is 45.6 Å². The van der Waals surface area contributed by atoms with Crippen LogP contribution in [-0.2, 0) is 10.2 Å². The highest BCUT2D eigenvalue weighted by Crippen LogP contribution is 2.25. The molecule has 0 fully saturated rings. The number of hydrogen-bond donors (Lipinski definition) is 0. The lowest BCUT2D eigenvalue weighted by Gasteiger charge is -2.13. The SMILES string of the molecule is C=C.CC.CO[C@@H](C)CC/C(C)=C/C=C/CC/C=C\c1csc(C(C)(C)C)n1. The van der Waals surface area contributed by atoms with Crippen LogP contribution >= 0.6 is 11.3 Å². The molecule has 1 heterocycles. The molecule has 0 saturated carbocycles. The van der Waals surface area contributed by atoms with Crippen LogP contribution in [0.15, 0.2) is 48.4 Å². The number of rotatable bonds is 9. The molecule has 0 aromatic carbocycles. The van der Waals surface area contributed by atoms with Gasteiger partial charge in [-0.3, -0.25) is 0 Å². The Morgan fingerprint density at radius 1 is 1.21 bits per heavy atom. The van der Waals surface area contributed by atoms with Crippen LogP contribution in [0.1, 0.15) is 84.9 Å². The van der Waals surface area contributed by atoms with Gasteiger partial charge in [0.15, 0.2) is 0 Å². The smallest absolute Gasteiger partial charge is 0.0985 e. The fourth-order valence-electron chi connectivity index (χ4n) is 2.06. The van der Waals surface area contributed by atoms with Crippen LogP contribution < -0.4 is 0 Å². The molecule has 0 aliphatic rings. The molecule has 28 heavy (non-hydrogen) atoms. The minimum Gasteiger partial charge on any atom is -0.382 e. The number of ether oxygens (including phenoxy) is 1. The van der Waals surface area contributed by atoms with Gasteiger partial charge in [0.2, 0.25) is 0 Å². The predicted molar refractivity (Wildman–Crippen MR) is 130 cm³/mol. The van der Waals surface area contributed by atoms with E-state index in [1.54, 1.807) is 18.4 Å². The molecule has 0 N–H and O–H groups in total. The zero-order valence-corrected chi connectivity index (χ0v) is 20.4. The fourth-order valence-corrected chi connectivity index (χ4v) is 2.94. The number of allylic oxidation sites excluding steroid dienone is 5. The number of unbranched alkanes of at least 4 members (excludes halogenated alkanes) is 1. The summed E-state index contributed by atoms with van der Waals surface area (Å²) in [4.78, 5) is 4.67. The summed E-state index contributed by atoms with van der Waals surface area (Å²) >= 11 is 1.75. The highest BCUT2D eigenvalue weighted by atomic mass is 32.1. The molecular weight excluding hydrogens is 362 g/mol. The summed E-state index contributed by atoms with van der Waals surface area (Å²) in [5.41, 5.74) is 2.63. The van der Waals surface area contributed by atoms with Crippen molar-refractivity contribution in [3.63, 3.8) is 0 Å². The fraction of sp³-hybridized carbons (Fsp3) is 0.560. The van der Waals surface area contributed by atoms with E-state index in [9.17, 15) is 0 Å². The summed E-state index contributed by atoms with van der Waals surface area (Å²) in [6, 6.07) is 0. The van der Waals surface area contributed by atoms with E-state index in [4.69, 9.17) is 4.74 Å². The monoisotopic (exact) mass is 405 g/mol. The van der Waals surface area contributed by atoms with Crippen LogP contribution in [0.5, 0.6) is 0 Å². The second kappa shape index (κ2) is 17.6. The molecular formula is C25H43NOS. The van der Waals surface area contributed by atoms with Gasteiger partial charge in [0.1, 0.15) is 0 Å². The van der Waals surface area contributed by atoms with Crippen molar-refractivity contribution >= 4 is 17.4 Å². The standard InChI is InChI=1S/C21H33NOS.C2H6.C2H4/c1-17(14-15-18(2)23-6)12-10-8-7-9-11-13-19-16-24-20(22-19)21(3,4)5;2*1-2/h8,10-13,16,18H,7,9,14-15H2,1-6H3;1-2H3;1-2H2/b10-8+,13-11-,17-12+;;/t18-;;/m0../s1. The number of hydrogen-bond acceptors (Lipinski definition) is 3. The van der Waals surface area contributed by atoms with Gasteiger partial charge in [0.05, 0.1) is 16.8 Å². The van der Waals surface area contributed by atoms with Crippen molar-refractivity contribution in [3.05, 3.63) is 59.1 Å². The van der Waals surface area contributed by atoms with Gasteiger partial charge in [-0.15, -0.1) is 24.5 Å². The zero-order chi connectivity index (χ0) is 22.0. The number of aromatic nitrogens is 1. The molecule has 0 spiro atoms. The third kappa shape index (κ3) is 14.6. The Kier molecular flexibility index (Phi) is 18.1. The van der Waals surface area contributed by atoms with Crippen LogP contribution in [0.4, 0.5) is 0 Å². The molecule has 0 aliphatic carbocycles. The molecule has 160 valence electrons. The average Bonchev–Trinajstić information content (AvgIpc) is 3.18. The van der Waals surface area contributed by atoms with E-state index >= 15 is 0 Å². The van der Waals surface area contributed by atoms with Crippen LogP contribution in [0.3, 0.4) is 0 Å². The third-order valence-electron chi connectivity index (χ3n) is 3.82. The maximum Gasteiger partial charge on any atom is 0.0985 e. The minimum absolute atomic E-state index is 0.144. The lowest BCUT2D eigenvalue weighted by molar-refractivity contribution is 0.111. The quantitative estimate of drug-likeness (QED) is 0.234. The second-order valence-corrected chi connectivity index (χ2v) is 8.19. The van der Waals surface area contributed by atoms with Gasteiger partial charge in [-0.25, -0.2) is 4.98 Å². The molecule has 3 heteroatoms. The largest absolute Gasteiger partial charge is 0.382 e. The lowest BCUT2D eigenvalue weighted by atomic mass is 9.98. The summed E-state index contributed by atoms with van der Waals surface area (Å²) in [6.45, 7) is 20.9. The Balaban J connectivity index is 0. The Morgan fingerprint density at radius 2 is 1.82 bits per heavy atom. The number of nitrogens with zero attached hydrogens (tertiary/aromatic N) is 1. The normalized spacial score (nSPS) is 13.1. The molecule has 0 bridgehead atoms. The van der Waals surface area contributed by atoms with Gasteiger partial charge in [0, 0.05) is 17.9 Å². The second-order valence-electron chi connectivity index (χ2n) is 7.33. The molecule has 0 saturated heterocycles. The first-order valence-corrected chi connectivity index (χ1v) is 11.2. The van der Waals surface area contributed by atoms with Gasteiger partial charge in [-0.1, -0.05) is 64.5 Å². The zero-order valence-electron chi connectivity index (χ0n) is 19.5. The van der Waals surface area contributed by atoms with Crippen molar-refractivity contribution < 1.29 is 4.74 Å². The first-order chi connectivity index (χ1) is 13.3. The van der Waals surface area contributed by atoms with Crippen LogP contribution in [0.25, 0.3) is 6.08 Å². The first kappa shape index (κ1) is 28.8. The van der Waals surface area contributed by atoms with E-state index in [1.165, 1.54) is 10.6 Å². The van der Waals surface area contributed by atoms with Crippen LogP contribution in [0.2, 0.25) is 0 Å². The van der Waals surface area contributed by atoms with Crippen LogP contribution in [0, 0.1) is 0 Å². The number of thiazole rings is 1. The molecule has 2 nitrogen and oxygen atoms in total. The number of methoxy groups -OCH3 is 1. The van der Waals surface area contributed by atoms with Crippen molar-refractivity contribution in [1.29, 1.82) is 0 Å². The lowest BCUT2D eigenvalue weighted by Crippen LogP contribution is -2.10. The molecule has 0 radical (unpaired) electrons. The molecule has 0 aliphatic heterocycles. The molecule has 0 unspecified atom stereocenters. The predicted octanol–water partition coefficient (Wildman–Crippen LogP) is 8.38. The summed E-state index contributed by atoms with van der Waals surface area (Å²) < 4.78 is 5.27. The van der Waals surface area contributed by atoms with Crippen LogP contribution in [-0.4, -0.2) is 18.2 Å². The topological polar surface area (TPSA) is 22.1 Å². The highest BCUT2D eigenvalue weighted by Gasteiger charge is 2.17. The molecule has 1 aromatic heterocycles. The highest BCUT2D eigenvalue weighted by molar-refractivity contribution is 7.09. The van der Waals surface area contributed by atoms with Crippen molar-refractivity contribution in [2.24, 2.45) is 0 Å². The van der Waals surface area contributed by atoms with E-state index in [2.05, 4.69) is 88.5 Å². The molecule has 1 atom stereocenters. The summed E-state index contributed by atoms with van der Waals surface area (Å²) in [5, 5.41) is 3.34. The Hall–Kier alpha value is -1.45. The van der Waals surface area contributed by atoms with Crippen molar-refractivity contribution in [1.82, 2.24) is 4.98 Å². The van der Waals surface area contributed by atoms with E-state index < -0.39 is 0 Å². The van der Waals surface area contributed by atoms with Gasteiger partial charge >= 0.3 is 0 Å².